The quantitative estimate of drug-likeness (QED) is 0.822. The van der Waals surface area contributed by atoms with E-state index in [-0.39, 0.29) is 0 Å². The van der Waals surface area contributed by atoms with Crippen LogP contribution in [-0.4, -0.2) is 15.5 Å². The van der Waals surface area contributed by atoms with Crippen LogP contribution in [0.2, 0.25) is 0 Å². The minimum Gasteiger partial charge on any atom is -0.366 e. The van der Waals surface area contributed by atoms with Crippen molar-refractivity contribution in [2.45, 2.75) is 19.9 Å². The molecule has 0 radical (unpaired) electrons. The first-order chi connectivity index (χ1) is 7.24. The highest BCUT2D eigenvalue weighted by molar-refractivity contribution is 6.05. The smallest absolute Gasteiger partial charge is 0.250 e. The number of nitrogens with two attached hydrogens (primary N) is 1. The molecule has 4 nitrogen and oxygen atoms in total. The van der Waals surface area contributed by atoms with Gasteiger partial charge in [0.2, 0.25) is 0 Å². The molecule has 0 aliphatic heterocycles. The Balaban J connectivity index is 2.67. The van der Waals surface area contributed by atoms with Crippen LogP contribution in [0.3, 0.4) is 0 Å². The topological polar surface area (TPSA) is 60.9 Å². The van der Waals surface area contributed by atoms with Crippen molar-refractivity contribution in [1.29, 1.82) is 0 Å². The third-order valence-electron chi connectivity index (χ3n) is 2.41. The van der Waals surface area contributed by atoms with E-state index >= 15 is 0 Å². The van der Waals surface area contributed by atoms with Crippen molar-refractivity contribution in [3.8, 4) is 0 Å². The zero-order valence-electron chi connectivity index (χ0n) is 8.60. The molecule has 0 spiro atoms. The molecule has 2 N–H and O–H groups in total. The monoisotopic (exact) mass is 203 g/mol. The van der Waals surface area contributed by atoms with Gasteiger partial charge in [0, 0.05) is 30.5 Å². The molecule has 78 valence electrons. The van der Waals surface area contributed by atoms with Gasteiger partial charge in [0.05, 0.1) is 11.1 Å². The molecule has 2 aromatic heterocycles. The predicted molar refractivity (Wildman–Crippen MR) is 58.5 cm³/mol. The molecule has 0 aliphatic rings. The molecule has 15 heavy (non-hydrogen) atoms. The van der Waals surface area contributed by atoms with Crippen molar-refractivity contribution in [3.63, 3.8) is 0 Å². The molecule has 0 aromatic carbocycles. The van der Waals surface area contributed by atoms with E-state index in [4.69, 9.17) is 5.73 Å². The highest BCUT2D eigenvalue weighted by Crippen LogP contribution is 2.20. The van der Waals surface area contributed by atoms with Crippen LogP contribution in [0.4, 0.5) is 0 Å². The summed E-state index contributed by atoms with van der Waals surface area (Å²) in [7, 11) is 0. The second-order valence-electron chi connectivity index (χ2n) is 3.49. The lowest BCUT2D eigenvalue weighted by Crippen LogP contribution is -2.10. The molecule has 0 saturated carbocycles. The molecule has 0 fully saturated rings. The maximum Gasteiger partial charge on any atom is 0.250 e. The summed E-state index contributed by atoms with van der Waals surface area (Å²) in [4.78, 5) is 15.2. The first kappa shape index (κ1) is 9.71. The largest absolute Gasteiger partial charge is 0.366 e. The van der Waals surface area contributed by atoms with Gasteiger partial charge in [-0.1, -0.05) is 6.92 Å². The minimum atomic E-state index is -0.400. The molecule has 4 heteroatoms. The van der Waals surface area contributed by atoms with Crippen LogP contribution >= 0.6 is 0 Å². The molecule has 0 saturated heterocycles. The van der Waals surface area contributed by atoms with Gasteiger partial charge in [0.15, 0.2) is 0 Å². The summed E-state index contributed by atoms with van der Waals surface area (Å²) >= 11 is 0. The lowest BCUT2D eigenvalue weighted by atomic mass is 10.2. The molecule has 0 atom stereocenters. The van der Waals surface area contributed by atoms with Gasteiger partial charge in [-0.2, -0.15) is 0 Å². The van der Waals surface area contributed by atoms with E-state index in [0.717, 1.165) is 23.9 Å². The van der Waals surface area contributed by atoms with Crippen LogP contribution < -0.4 is 5.73 Å². The fourth-order valence-corrected chi connectivity index (χ4v) is 1.76. The molecule has 0 unspecified atom stereocenters. The van der Waals surface area contributed by atoms with E-state index in [1.54, 1.807) is 18.6 Å². The Kier molecular flexibility index (Phi) is 2.41. The Hall–Kier alpha value is -1.84. The zero-order valence-corrected chi connectivity index (χ0v) is 8.60. The predicted octanol–water partition coefficient (Wildman–Crippen LogP) is 1.55. The van der Waals surface area contributed by atoms with Crippen LogP contribution in [0.25, 0.3) is 10.9 Å². The van der Waals surface area contributed by atoms with E-state index in [1.807, 2.05) is 10.6 Å². The first-order valence-corrected chi connectivity index (χ1v) is 4.96. The van der Waals surface area contributed by atoms with Gasteiger partial charge >= 0.3 is 0 Å². The average Bonchev–Trinajstić information content (AvgIpc) is 2.59. The van der Waals surface area contributed by atoms with E-state index in [1.165, 1.54) is 0 Å². The normalized spacial score (nSPS) is 10.7. The third kappa shape index (κ3) is 1.58. The second kappa shape index (κ2) is 3.73. The molecular weight excluding hydrogens is 190 g/mol. The second-order valence-corrected chi connectivity index (χ2v) is 3.49. The number of carbonyl (C=O) groups is 1. The molecule has 1 amide bonds. The number of fused-ring (bicyclic) bond motifs is 1. The van der Waals surface area contributed by atoms with Crippen LogP contribution in [0.15, 0.2) is 24.7 Å². The molecular formula is C11H13N3O. The summed E-state index contributed by atoms with van der Waals surface area (Å²) in [5, 5.41) is 0.832. The van der Waals surface area contributed by atoms with Crippen molar-refractivity contribution in [2.24, 2.45) is 5.73 Å². The Morgan fingerprint density at radius 1 is 1.60 bits per heavy atom. The summed E-state index contributed by atoms with van der Waals surface area (Å²) in [6, 6.07) is 1.90. The maximum absolute atomic E-state index is 11.2. The van der Waals surface area contributed by atoms with Crippen molar-refractivity contribution >= 4 is 16.8 Å². The highest BCUT2D eigenvalue weighted by atomic mass is 16.1. The maximum atomic E-state index is 11.2. The number of pyridine rings is 1. The summed E-state index contributed by atoms with van der Waals surface area (Å²) in [5.41, 5.74) is 6.87. The Bertz CT molecular complexity index is 502. The van der Waals surface area contributed by atoms with E-state index in [9.17, 15) is 4.79 Å². The van der Waals surface area contributed by atoms with Gasteiger partial charge in [-0.25, -0.2) is 0 Å². The first-order valence-electron chi connectivity index (χ1n) is 4.96. The molecule has 0 bridgehead atoms. The summed E-state index contributed by atoms with van der Waals surface area (Å²) in [5.74, 6) is -0.400. The van der Waals surface area contributed by atoms with Gasteiger partial charge in [0.25, 0.3) is 5.91 Å². The van der Waals surface area contributed by atoms with Crippen molar-refractivity contribution < 1.29 is 4.79 Å². The minimum absolute atomic E-state index is 0.400. The van der Waals surface area contributed by atoms with Crippen LogP contribution in [0.1, 0.15) is 23.7 Å². The van der Waals surface area contributed by atoms with Gasteiger partial charge in [0.1, 0.15) is 0 Å². The number of aromatic nitrogens is 2. The number of primary amides is 1. The standard InChI is InChI=1S/C11H13N3O/c1-2-5-14-7-9(11(12)15)8-6-13-4-3-10(8)14/h3-4,6-7H,2,5H2,1H3,(H2,12,15). The zero-order chi connectivity index (χ0) is 10.8. The number of hydrogen-bond acceptors (Lipinski definition) is 2. The number of nitrogens with zero attached hydrogens (tertiary/aromatic N) is 2. The van der Waals surface area contributed by atoms with Crippen LogP contribution in [-0.2, 0) is 6.54 Å². The van der Waals surface area contributed by atoms with E-state index in [0.29, 0.717) is 5.56 Å². The fraction of sp³-hybridized carbons (Fsp3) is 0.273. The summed E-state index contributed by atoms with van der Waals surface area (Å²) in [6.07, 6.45) is 6.23. The van der Waals surface area contributed by atoms with Crippen LogP contribution in [0.5, 0.6) is 0 Å². The Morgan fingerprint density at radius 2 is 2.40 bits per heavy atom. The van der Waals surface area contributed by atoms with Gasteiger partial charge in [-0.3, -0.25) is 9.78 Å². The van der Waals surface area contributed by atoms with Gasteiger partial charge in [-0.15, -0.1) is 0 Å². The van der Waals surface area contributed by atoms with Crippen LogP contribution in [0, 0.1) is 0 Å². The number of carbonyl (C=O) groups excluding carboxylic acids is 1. The fourth-order valence-electron chi connectivity index (χ4n) is 1.76. The van der Waals surface area contributed by atoms with Gasteiger partial charge < -0.3 is 10.3 Å². The number of amides is 1. The molecule has 2 heterocycles. The SMILES string of the molecule is CCCn1cc(C(N)=O)c2cnccc21. The van der Waals surface area contributed by atoms with E-state index < -0.39 is 5.91 Å². The lowest BCUT2D eigenvalue weighted by Gasteiger charge is -2.00. The van der Waals surface area contributed by atoms with Crippen molar-refractivity contribution in [1.82, 2.24) is 9.55 Å². The van der Waals surface area contributed by atoms with E-state index in [2.05, 4.69) is 11.9 Å². The molecule has 0 aliphatic carbocycles. The highest BCUT2D eigenvalue weighted by Gasteiger charge is 2.11. The summed E-state index contributed by atoms with van der Waals surface area (Å²) in [6.45, 7) is 2.98. The number of aryl methyl sites for hydroxylation is 1. The van der Waals surface area contributed by atoms with Crippen molar-refractivity contribution in [3.05, 3.63) is 30.2 Å². The average molecular weight is 203 g/mol. The number of rotatable bonds is 3. The van der Waals surface area contributed by atoms with Gasteiger partial charge in [-0.05, 0) is 12.5 Å². The molecule has 2 rings (SSSR count). The molecule has 2 aromatic rings. The Labute approximate surface area is 87.7 Å². The lowest BCUT2D eigenvalue weighted by molar-refractivity contribution is 0.100. The Morgan fingerprint density at radius 3 is 3.07 bits per heavy atom. The van der Waals surface area contributed by atoms with Crippen molar-refractivity contribution in [2.75, 3.05) is 0 Å². The summed E-state index contributed by atoms with van der Waals surface area (Å²) < 4.78 is 2.04. The third-order valence-corrected chi connectivity index (χ3v) is 2.41. The number of hydrogen-bond donors (Lipinski definition) is 1.